The molecule has 2 heterocycles. The average Bonchev–Trinajstić information content (AvgIpc) is 2.59. The molecule has 84 valence electrons. The first kappa shape index (κ1) is 9.91. The highest BCUT2D eigenvalue weighted by molar-refractivity contribution is 5.89. The molecule has 0 saturated heterocycles. The van der Waals surface area contributed by atoms with Crippen molar-refractivity contribution in [2.75, 3.05) is 6.54 Å². The number of fused-ring (bicyclic) bond motifs is 3. The predicted molar refractivity (Wildman–Crippen MR) is 67.8 cm³/mol. The van der Waals surface area contributed by atoms with Crippen LogP contribution in [-0.4, -0.2) is 11.1 Å². The fraction of sp³-hybridized carbons (Fsp3) is 0.429. The third-order valence-electron chi connectivity index (χ3n) is 3.96. The van der Waals surface area contributed by atoms with E-state index in [1.165, 1.54) is 27.7 Å². The van der Waals surface area contributed by atoms with E-state index in [1.807, 2.05) is 0 Å². The fourth-order valence-corrected chi connectivity index (χ4v) is 2.89. The largest absolute Gasteiger partial charge is 0.346 e. The molecule has 0 aliphatic carbocycles. The summed E-state index contributed by atoms with van der Waals surface area (Å²) in [5, 5.41) is 4.92. The number of nitrogens with one attached hydrogen (secondary N) is 1. The van der Waals surface area contributed by atoms with Crippen LogP contribution >= 0.6 is 0 Å². The lowest BCUT2D eigenvalue weighted by atomic mass is 10.0. The van der Waals surface area contributed by atoms with E-state index in [4.69, 9.17) is 0 Å². The van der Waals surface area contributed by atoms with Crippen LogP contribution in [0.5, 0.6) is 0 Å². The van der Waals surface area contributed by atoms with Crippen molar-refractivity contribution in [1.29, 1.82) is 0 Å². The number of aromatic nitrogens is 1. The minimum atomic E-state index is 1.01. The Kier molecular flexibility index (Phi) is 2.08. The van der Waals surface area contributed by atoms with Crippen LogP contribution in [0.4, 0.5) is 0 Å². The van der Waals surface area contributed by atoms with Crippen LogP contribution in [0.25, 0.3) is 10.9 Å². The number of aryl methyl sites for hydroxylation is 3. The summed E-state index contributed by atoms with van der Waals surface area (Å²) in [5.74, 6) is 0. The van der Waals surface area contributed by atoms with Gasteiger partial charge in [-0.05, 0) is 43.5 Å². The molecule has 0 saturated carbocycles. The van der Waals surface area contributed by atoms with Gasteiger partial charge in [0.2, 0.25) is 0 Å². The molecule has 16 heavy (non-hydrogen) atoms. The second-order valence-electron chi connectivity index (χ2n) is 4.81. The zero-order chi connectivity index (χ0) is 11.3. The van der Waals surface area contributed by atoms with Crippen molar-refractivity contribution in [1.82, 2.24) is 9.88 Å². The van der Waals surface area contributed by atoms with Crippen LogP contribution in [-0.2, 0) is 20.0 Å². The van der Waals surface area contributed by atoms with Gasteiger partial charge < -0.3 is 9.88 Å². The number of hydrogen-bond acceptors (Lipinski definition) is 1. The first-order valence-electron chi connectivity index (χ1n) is 5.97. The summed E-state index contributed by atoms with van der Waals surface area (Å²) in [7, 11) is 2.20. The Bertz CT molecular complexity index is 564. The summed E-state index contributed by atoms with van der Waals surface area (Å²) in [5.41, 5.74) is 7.26. The van der Waals surface area contributed by atoms with Crippen molar-refractivity contribution < 1.29 is 0 Å². The Morgan fingerprint density at radius 1 is 1.25 bits per heavy atom. The second kappa shape index (κ2) is 3.36. The zero-order valence-corrected chi connectivity index (χ0v) is 10.2. The molecule has 2 aromatic rings. The lowest BCUT2D eigenvalue weighted by Crippen LogP contribution is -2.24. The molecule has 0 bridgehead atoms. The van der Waals surface area contributed by atoms with E-state index in [9.17, 15) is 0 Å². The molecule has 1 aliphatic rings. The van der Waals surface area contributed by atoms with Gasteiger partial charge in [0.1, 0.15) is 0 Å². The normalized spacial score (nSPS) is 15.4. The van der Waals surface area contributed by atoms with Crippen molar-refractivity contribution in [3.8, 4) is 0 Å². The van der Waals surface area contributed by atoms with Gasteiger partial charge >= 0.3 is 0 Å². The molecule has 2 heteroatoms. The maximum Gasteiger partial charge on any atom is 0.0515 e. The smallest absolute Gasteiger partial charge is 0.0515 e. The number of hydrogen-bond donors (Lipinski definition) is 1. The lowest BCUT2D eigenvalue weighted by Gasteiger charge is -2.14. The molecule has 1 aliphatic heterocycles. The van der Waals surface area contributed by atoms with Gasteiger partial charge in [-0.25, -0.2) is 0 Å². The van der Waals surface area contributed by atoms with Crippen LogP contribution in [0.1, 0.15) is 22.4 Å². The molecule has 0 radical (unpaired) electrons. The average molecular weight is 214 g/mol. The van der Waals surface area contributed by atoms with Crippen molar-refractivity contribution in [2.45, 2.75) is 26.8 Å². The summed E-state index contributed by atoms with van der Waals surface area (Å²) >= 11 is 0. The van der Waals surface area contributed by atoms with E-state index in [1.54, 1.807) is 5.56 Å². The predicted octanol–water partition coefficient (Wildman–Crippen LogP) is 2.44. The van der Waals surface area contributed by atoms with Crippen molar-refractivity contribution in [3.63, 3.8) is 0 Å². The molecule has 0 atom stereocenters. The molecule has 2 nitrogen and oxygen atoms in total. The molecule has 1 aromatic carbocycles. The lowest BCUT2D eigenvalue weighted by molar-refractivity contribution is 0.614. The summed E-state index contributed by atoms with van der Waals surface area (Å²) in [4.78, 5) is 0. The maximum absolute atomic E-state index is 3.46. The van der Waals surface area contributed by atoms with Crippen molar-refractivity contribution in [3.05, 3.63) is 34.5 Å². The van der Waals surface area contributed by atoms with E-state index in [0.29, 0.717) is 0 Å². The standard InChI is InChI=1S/C14H18N2/c1-9-4-5-12-11-6-7-15-8-13(11)16(3)14(12)10(9)2/h4-5,15H,6-8H2,1-3H3. The van der Waals surface area contributed by atoms with E-state index in [2.05, 4.69) is 42.9 Å². The third kappa shape index (κ3) is 1.17. The molecular formula is C14H18N2. The number of rotatable bonds is 0. The molecule has 0 amide bonds. The first-order chi connectivity index (χ1) is 7.70. The highest BCUT2D eigenvalue weighted by Crippen LogP contribution is 2.31. The van der Waals surface area contributed by atoms with Crippen LogP contribution in [0.3, 0.4) is 0 Å². The monoisotopic (exact) mass is 214 g/mol. The molecule has 3 rings (SSSR count). The summed E-state index contributed by atoms with van der Waals surface area (Å²) in [6.07, 6.45) is 1.16. The van der Waals surface area contributed by atoms with E-state index in [0.717, 1.165) is 19.5 Å². The Labute approximate surface area is 96.3 Å². The Balaban J connectivity index is 2.44. The quantitative estimate of drug-likeness (QED) is 0.712. The van der Waals surface area contributed by atoms with Gasteiger partial charge in [-0.2, -0.15) is 0 Å². The molecule has 0 spiro atoms. The Morgan fingerprint density at radius 3 is 2.88 bits per heavy atom. The molecule has 0 unspecified atom stereocenters. The Morgan fingerprint density at radius 2 is 2.06 bits per heavy atom. The topological polar surface area (TPSA) is 17.0 Å². The van der Waals surface area contributed by atoms with E-state index in [-0.39, 0.29) is 0 Å². The molecule has 1 aromatic heterocycles. The van der Waals surface area contributed by atoms with Crippen LogP contribution < -0.4 is 5.32 Å². The van der Waals surface area contributed by atoms with Gasteiger partial charge in [0.05, 0.1) is 5.52 Å². The number of benzene rings is 1. The first-order valence-corrected chi connectivity index (χ1v) is 5.97. The van der Waals surface area contributed by atoms with Crippen molar-refractivity contribution in [2.24, 2.45) is 7.05 Å². The fourth-order valence-electron chi connectivity index (χ4n) is 2.89. The molecule has 0 fully saturated rings. The minimum Gasteiger partial charge on any atom is -0.346 e. The summed E-state index contributed by atoms with van der Waals surface area (Å²) in [6, 6.07) is 4.54. The van der Waals surface area contributed by atoms with Crippen LogP contribution in [0.15, 0.2) is 12.1 Å². The minimum absolute atomic E-state index is 1.01. The summed E-state index contributed by atoms with van der Waals surface area (Å²) in [6.45, 7) is 6.55. The molecule has 1 N–H and O–H groups in total. The SMILES string of the molecule is Cc1ccc2c3c(n(C)c2c1C)CNCC3. The number of nitrogens with zero attached hydrogens (tertiary/aromatic N) is 1. The van der Waals surface area contributed by atoms with Gasteiger partial charge in [0, 0.05) is 24.7 Å². The zero-order valence-electron chi connectivity index (χ0n) is 10.2. The highest BCUT2D eigenvalue weighted by atomic mass is 15.0. The van der Waals surface area contributed by atoms with E-state index >= 15 is 0 Å². The third-order valence-corrected chi connectivity index (χ3v) is 3.96. The van der Waals surface area contributed by atoms with Crippen LogP contribution in [0, 0.1) is 13.8 Å². The summed E-state index contributed by atoms with van der Waals surface area (Å²) < 4.78 is 2.37. The Hall–Kier alpha value is -1.28. The van der Waals surface area contributed by atoms with Gasteiger partial charge in [0.15, 0.2) is 0 Å². The van der Waals surface area contributed by atoms with E-state index < -0.39 is 0 Å². The second-order valence-corrected chi connectivity index (χ2v) is 4.81. The van der Waals surface area contributed by atoms with Gasteiger partial charge in [-0.1, -0.05) is 12.1 Å². The van der Waals surface area contributed by atoms with Gasteiger partial charge in [-0.3, -0.25) is 0 Å². The van der Waals surface area contributed by atoms with Gasteiger partial charge in [-0.15, -0.1) is 0 Å². The van der Waals surface area contributed by atoms with Crippen LogP contribution in [0.2, 0.25) is 0 Å². The molecular weight excluding hydrogens is 196 g/mol. The highest BCUT2D eigenvalue weighted by Gasteiger charge is 2.19. The van der Waals surface area contributed by atoms with Crippen molar-refractivity contribution >= 4 is 10.9 Å². The van der Waals surface area contributed by atoms with Gasteiger partial charge in [0.25, 0.3) is 0 Å². The maximum atomic E-state index is 3.46.